The van der Waals surface area contributed by atoms with Gasteiger partial charge in [-0.15, -0.1) is 0 Å². The van der Waals surface area contributed by atoms with Gasteiger partial charge >= 0.3 is 0 Å². The molecule has 0 aliphatic carbocycles. The van der Waals surface area contributed by atoms with Gasteiger partial charge in [0, 0.05) is 6.42 Å². The molecule has 0 saturated heterocycles. The zero-order valence-corrected chi connectivity index (χ0v) is 6.65. The maximum Gasteiger partial charge on any atom is 0.275 e. The largest absolute Gasteiger partial charge is 0.275 e. The van der Waals surface area contributed by atoms with Gasteiger partial charge in [-0.25, -0.2) is 0 Å². The Bertz CT molecular complexity index is 107. The lowest BCUT2D eigenvalue weighted by molar-refractivity contribution is 0.720. The van der Waals surface area contributed by atoms with Crippen molar-refractivity contribution in [3.8, 4) is 6.07 Å². The average molecular weight is 126 g/mol. The topological polar surface area (TPSA) is 4.36 Å². The highest BCUT2D eigenvalue weighted by Gasteiger charge is 1.97. The summed E-state index contributed by atoms with van der Waals surface area (Å²) in [6, 6.07) is 3.06. The summed E-state index contributed by atoms with van der Waals surface area (Å²) in [6.45, 7) is 7.35. The highest BCUT2D eigenvalue weighted by molar-refractivity contribution is 4.90. The predicted octanol–water partition coefficient (Wildman–Crippen LogP) is 2.78. The highest BCUT2D eigenvalue weighted by atomic mass is 14.6. The monoisotopic (exact) mass is 126 g/mol. The molecule has 0 aliphatic heterocycles. The Morgan fingerprint density at radius 2 is 2.11 bits per heavy atom. The molecule has 52 valence electrons. The van der Waals surface area contributed by atoms with E-state index in [-0.39, 0.29) is 0 Å². The molecule has 1 atom stereocenters. The standard InChI is InChI=1S/C8H16N/c1-4-6-9-7-8(3)5-2/h8H,4-6H2,1-3H3/q+1. The van der Waals surface area contributed by atoms with Crippen LogP contribution in [0.2, 0.25) is 0 Å². The van der Waals surface area contributed by atoms with Gasteiger partial charge < -0.3 is 0 Å². The minimum absolute atomic E-state index is 0.538. The molecule has 1 heteroatoms. The van der Waals surface area contributed by atoms with Crippen LogP contribution in [0.25, 0.3) is 4.85 Å². The zero-order chi connectivity index (χ0) is 7.11. The van der Waals surface area contributed by atoms with Gasteiger partial charge in [0.1, 0.15) is 0 Å². The van der Waals surface area contributed by atoms with Crippen molar-refractivity contribution >= 4 is 0 Å². The molecule has 0 heterocycles. The van der Waals surface area contributed by atoms with Crippen LogP contribution in [0, 0.1) is 12.0 Å². The first kappa shape index (κ1) is 8.49. The summed E-state index contributed by atoms with van der Waals surface area (Å²) < 4.78 is 0. The van der Waals surface area contributed by atoms with Gasteiger partial charge in [-0.1, -0.05) is 18.7 Å². The van der Waals surface area contributed by atoms with Gasteiger partial charge in [0.15, 0.2) is 0 Å². The second-order valence-corrected chi connectivity index (χ2v) is 2.32. The van der Waals surface area contributed by atoms with E-state index in [1.165, 1.54) is 0 Å². The number of rotatable bonds is 2. The molecule has 0 saturated carbocycles. The SMILES string of the molecule is CCC[N+]#CC(C)CC. The lowest BCUT2D eigenvalue weighted by Gasteiger charge is -1.84. The predicted molar refractivity (Wildman–Crippen MR) is 41.9 cm³/mol. The first-order valence-electron chi connectivity index (χ1n) is 3.73. The highest BCUT2D eigenvalue weighted by Crippen LogP contribution is 1.97. The van der Waals surface area contributed by atoms with E-state index in [1.54, 1.807) is 0 Å². The molecule has 0 aliphatic rings. The molecule has 0 aromatic heterocycles. The molecule has 0 aromatic carbocycles. The van der Waals surface area contributed by atoms with E-state index in [1.807, 2.05) is 0 Å². The average Bonchev–Trinajstić information content (AvgIpc) is 1.89. The maximum absolute atomic E-state index is 4.11. The summed E-state index contributed by atoms with van der Waals surface area (Å²) in [5.41, 5.74) is 0. The molecule has 0 radical (unpaired) electrons. The molecular formula is C8H16N+. The van der Waals surface area contributed by atoms with E-state index >= 15 is 0 Å². The molecular weight excluding hydrogens is 110 g/mol. The number of nitrogens with zero attached hydrogens (tertiary/aromatic N) is 1. The van der Waals surface area contributed by atoms with Crippen molar-refractivity contribution in [3.05, 3.63) is 4.85 Å². The molecule has 1 unspecified atom stereocenters. The van der Waals surface area contributed by atoms with Crippen molar-refractivity contribution in [2.75, 3.05) is 6.54 Å². The summed E-state index contributed by atoms with van der Waals surface area (Å²) in [6.07, 6.45) is 2.27. The first-order valence-corrected chi connectivity index (χ1v) is 3.73. The van der Waals surface area contributed by atoms with Crippen molar-refractivity contribution in [1.29, 1.82) is 0 Å². The number of hydrogen-bond acceptors (Lipinski definition) is 0. The van der Waals surface area contributed by atoms with Crippen LogP contribution >= 0.6 is 0 Å². The Labute approximate surface area is 57.9 Å². The van der Waals surface area contributed by atoms with Gasteiger partial charge in [-0.2, -0.15) is 0 Å². The third kappa shape index (κ3) is 5.36. The molecule has 0 fully saturated rings. The van der Waals surface area contributed by atoms with E-state index in [9.17, 15) is 0 Å². The van der Waals surface area contributed by atoms with Gasteiger partial charge in [0.2, 0.25) is 0 Å². The lowest BCUT2D eigenvalue weighted by atomic mass is 10.1. The molecule has 0 N–H and O–H groups in total. The first-order chi connectivity index (χ1) is 4.31. The number of hydrogen-bond donors (Lipinski definition) is 0. The van der Waals surface area contributed by atoms with Crippen LogP contribution in [-0.2, 0) is 0 Å². The summed E-state index contributed by atoms with van der Waals surface area (Å²) >= 11 is 0. The van der Waals surface area contributed by atoms with E-state index in [0.717, 1.165) is 19.4 Å². The van der Waals surface area contributed by atoms with Crippen LogP contribution in [0.15, 0.2) is 0 Å². The second-order valence-electron chi connectivity index (χ2n) is 2.32. The lowest BCUT2D eigenvalue weighted by Crippen LogP contribution is -1.84. The summed E-state index contributed by atoms with van der Waals surface area (Å²) in [7, 11) is 0. The van der Waals surface area contributed by atoms with Crippen LogP contribution in [0.3, 0.4) is 0 Å². The summed E-state index contributed by atoms with van der Waals surface area (Å²) in [5.74, 6) is 0.538. The zero-order valence-electron chi connectivity index (χ0n) is 6.65. The Hall–Kier alpha value is -0.510. The summed E-state index contributed by atoms with van der Waals surface area (Å²) in [4.78, 5) is 4.11. The van der Waals surface area contributed by atoms with Crippen LogP contribution in [0.5, 0.6) is 0 Å². The van der Waals surface area contributed by atoms with Crippen molar-refractivity contribution in [1.82, 2.24) is 0 Å². The van der Waals surface area contributed by atoms with Crippen LogP contribution in [0.4, 0.5) is 0 Å². The van der Waals surface area contributed by atoms with Crippen LogP contribution < -0.4 is 0 Å². The van der Waals surface area contributed by atoms with E-state index in [0.29, 0.717) is 5.92 Å². The quantitative estimate of drug-likeness (QED) is 0.536. The van der Waals surface area contributed by atoms with E-state index in [2.05, 4.69) is 31.7 Å². The molecule has 1 nitrogen and oxygen atoms in total. The third-order valence-electron chi connectivity index (χ3n) is 1.26. The molecule has 0 rings (SSSR count). The van der Waals surface area contributed by atoms with Gasteiger partial charge in [0.05, 0.1) is 5.92 Å². The third-order valence-corrected chi connectivity index (χ3v) is 1.26. The molecule has 0 amide bonds. The van der Waals surface area contributed by atoms with Crippen molar-refractivity contribution in [2.45, 2.75) is 33.6 Å². The molecule has 9 heavy (non-hydrogen) atoms. The molecule has 0 aromatic rings. The smallest absolute Gasteiger partial charge is 0.0834 e. The van der Waals surface area contributed by atoms with E-state index in [4.69, 9.17) is 0 Å². The summed E-state index contributed by atoms with van der Waals surface area (Å²) in [5, 5.41) is 0. The van der Waals surface area contributed by atoms with Crippen LogP contribution in [0.1, 0.15) is 33.6 Å². The van der Waals surface area contributed by atoms with Gasteiger partial charge in [-0.05, 0) is 13.3 Å². The Morgan fingerprint density at radius 3 is 2.56 bits per heavy atom. The Morgan fingerprint density at radius 1 is 1.44 bits per heavy atom. The Balaban J connectivity index is 3.33. The van der Waals surface area contributed by atoms with E-state index < -0.39 is 0 Å². The minimum Gasteiger partial charge on any atom is -0.0834 e. The van der Waals surface area contributed by atoms with Crippen LogP contribution in [-0.4, -0.2) is 6.54 Å². The normalized spacial score (nSPS) is 11.9. The maximum atomic E-state index is 4.11. The fourth-order valence-electron chi connectivity index (χ4n) is 0.423. The minimum atomic E-state index is 0.538. The van der Waals surface area contributed by atoms with Gasteiger partial charge in [0.25, 0.3) is 12.6 Å². The van der Waals surface area contributed by atoms with Crippen molar-refractivity contribution < 1.29 is 0 Å². The van der Waals surface area contributed by atoms with Crippen molar-refractivity contribution in [2.24, 2.45) is 5.92 Å². The second kappa shape index (κ2) is 5.62. The molecule has 0 bridgehead atoms. The fourth-order valence-corrected chi connectivity index (χ4v) is 0.423. The fraction of sp³-hybridized carbons (Fsp3) is 0.875. The Kier molecular flexibility index (Phi) is 5.30. The van der Waals surface area contributed by atoms with Gasteiger partial charge in [-0.3, -0.25) is 0 Å². The van der Waals surface area contributed by atoms with Crippen molar-refractivity contribution in [3.63, 3.8) is 0 Å². The molecule has 0 spiro atoms.